The number of nitrogens with zero attached hydrogens (tertiary/aromatic N) is 1. The number of hydrogen-bond donors (Lipinski definition) is 1. The SMILES string of the molecule is [C-]#[N+]c1cc(N)ccc1/C=C/C. The Morgan fingerprint density at radius 3 is 2.83 bits per heavy atom. The molecule has 12 heavy (non-hydrogen) atoms. The van der Waals surface area contributed by atoms with Crippen LogP contribution in [0.1, 0.15) is 12.5 Å². The zero-order valence-corrected chi connectivity index (χ0v) is 6.91. The number of nitrogen functional groups attached to an aromatic ring is 1. The molecule has 0 amide bonds. The fourth-order valence-corrected chi connectivity index (χ4v) is 0.978. The predicted molar refractivity (Wildman–Crippen MR) is 51.8 cm³/mol. The molecule has 0 aromatic heterocycles. The van der Waals surface area contributed by atoms with Crippen LogP contribution in [0.3, 0.4) is 0 Å². The van der Waals surface area contributed by atoms with Gasteiger partial charge in [0.25, 0.3) is 0 Å². The molecule has 0 bridgehead atoms. The van der Waals surface area contributed by atoms with Gasteiger partial charge in [0.1, 0.15) is 0 Å². The van der Waals surface area contributed by atoms with Gasteiger partial charge in [0, 0.05) is 5.69 Å². The zero-order chi connectivity index (χ0) is 8.97. The minimum absolute atomic E-state index is 0.605. The molecule has 1 aromatic rings. The van der Waals surface area contributed by atoms with E-state index in [1.807, 2.05) is 25.1 Å². The second kappa shape index (κ2) is 3.59. The molecule has 0 fully saturated rings. The van der Waals surface area contributed by atoms with E-state index in [0.29, 0.717) is 11.4 Å². The van der Waals surface area contributed by atoms with E-state index in [1.54, 1.807) is 12.1 Å². The molecular formula is C10H10N2. The first-order valence-electron chi connectivity index (χ1n) is 3.67. The van der Waals surface area contributed by atoms with Crippen LogP contribution in [0.4, 0.5) is 11.4 Å². The summed E-state index contributed by atoms with van der Waals surface area (Å²) in [7, 11) is 0. The van der Waals surface area contributed by atoms with Crippen LogP contribution in [0.5, 0.6) is 0 Å². The molecule has 0 saturated carbocycles. The molecule has 0 atom stereocenters. The number of anilines is 1. The number of allylic oxidation sites excluding steroid dienone is 1. The van der Waals surface area contributed by atoms with E-state index in [2.05, 4.69) is 4.85 Å². The van der Waals surface area contributed by atoms with Crippen molar-refractivity contribution >= 4 is 17.5 Å². The van der Waals surface area contributed by atoms with Gasteiger partial charge < -0.3 is 5.73 Å². The van der Waals surface area contributed by atoms with Crippen molar-refractivity contribution in [1.82, 2.24) is 0 Å². The smallest absolute Gasteiger partial charge is 0.196 e. The molecule has 0 aliphatic heterocycles. The third-order valence-corrected chi connectivity index (χ3v) is 1.52. The Morgan fingerprint density at radius 1 is 1.50 bits per heavy atom. The lowest BCUT2D eigenvalue weighted by molar-refractivity contribution is 1.64. The molecule has 0 spiro atoms. The summed E-state index contributed by atoms with van der Waals surface area (Å²) in [5.74, 6) is 0. The summed E-state index contributed by atoms with van der Waals surface area (Å²) in [6, 6.07) is 5.33. The molecule has 60 valence electrons. The number of nitrogens with two attached hydrogens (primary N) is 1. The normalized spacial score (nSPS) is 10.0. The van der Waals surface area contributed by atoms with Crippen molar-refractivity contribution < 1.29 is 0 Å². The quantitative estimate of drug-likeness (QED) is 0.494. The lowest BCUT2D eigenvalue weighted by atomic mass is 10.1. The Hall–Kier alpha value is -1.75. The van der Waals surface area contributed by atoms with E-state index in [0.717, 1.165) is 5.56 Å². The molecule has 1 aromatic carbocycles. The van der Waals surface area contributed by atoms with Crippen LogP contribution >= 0.6 is 0 Å². The first-order valence-corrected chi connectivity index (χ1v) is 3.67. The van der Waals surface area contributed by atoms with Crippen LogP contribution in [0.15, 0.2) is 24.3 Å². The Kier molecular flexibility index (Phi) is 2.49. The van der Waals surface area contributed by atoms with Gasteiger partial charge in [0.15, 0.2) is 5.69 Å². The summed E-state index contributed by atoms with van der Waals surface area (Å²) in [4.78, 5) is 3.37. The number of benzene rings is 1. The van der Waals surface area contributed by atoms with E-state index in [4.69, 9.17) is 12.3 Å². The Balaban J connectivity index is 3.22. The average Bonchev–Trinajstić information content (AvgIpc) is 2.08. The standard InChI is InChI=1S/C10H10N2/c1-3-4-8-5-6-9(11)7-10(8)12-2/h3-7H,11H2,1H3/b4-3+. The second-order valence-electron chi connectivity index (χ2n) is 2.43. The summed E-state index contributed by atoms with van der Waals surface area (Å²) in [5, 5.41) is 0. The third-order valence-electron chi connectivity index (χ3n) is 1.52. The van der Waals surface area contributed by atoms with Gasteiger partial charge in [-0.15, -0.1) is 0 Å². The molecular weight excluding hydrogens is 148 g/mol. The van der Waals surface area contributed by atoms with Crippen LogP contribution in [0.25, 0.3) is 10.9 Å². The summed E-state index contributed by atoms with van der Waals surface area (Å²) in [6.45, 7) is 8.82. The highest BCUT2D eigenvalue weighted by Crippen LogP contribution is 2.23. The summed E-state index contributed by atoms with van der Waals surface area (Å²) < 4.78 is 0. The van der Waals surface area contributed by atoms with Crippen LogP contribution in [-0.2, 0) is 0 Å². The van der Waals surface area contributed by atoms with Gasteiger partial charge >= 0.3 is 0 Å². The average molecular weight is 158 g/mol. The first-order chi connectivity index (χ1) is 5.77. The van der Waals surface area contributed by atoms with Crippen molar-refractivity contribution in [2.24, 2.45) is 0 Å². The van der Waals surface area contributed by atoms with Crippen LogP contribution < -0.4 is 5.73 Å². The Morgan fingerprint density at radius 2 is 2.25 bits per heavy atom. The molecule has 0 aliphatic rings. The second-order valence-corrected chi connectivity index (χ2v) is 2.43. The van der Waals surface area contributed by atoms with Crippen molar-refractivity contribution in [2.45, 2.75) is 6.92 Å². The van der Waals surface area contributed by atoms with Gasteiger partial charge in [0.05, 0.1) is 6.57 Å². The number of rotatable bonds is 1. The van der Waals surface area contributed by atoms with Crippen LogP contribution in [0.2, 0.25) is 0 Å². The minimum atomic E-state index is 0.605. The molecule has 0 radical (unpaired) electrons. The summed E-state index contributed by atoms with van der Waals surface area (Å²) in [6.07, 6.45) is 3.80. The van der Waals surface area contributed by atoms with Crippen molar-refractivity contribution in [3.05, 3.63) is 41.3 Å². The van der Waals surface area contributed by atoms with Gasteiger partial charge in [-0.3, -0.25) is 0 Å². The van der Waals surface area contributed by atoms with E-state index in [-0.39, 0.29) is 0 Å². The minimum Gasteiger partial charge on any atom is -0.400 e. The predicted octanol–water partition coefficient (Wildman–Crippen LogP) is 2.85. The maximum atomic E-state index is 6.90. The van der Waals surface area contributed by atoms with E-state index < -0.39 is 0 Å². The maximum absolute atomic E-state index is 6.90. The van der Waals surface area contributed by atoms with E-state index >= 15 is 0 Å². The largest absolute Gasteiger partial charge is 0.400 e. The molecule has 0 aliphatic carbocycles. The van der Waals surface area contributed by atoms with Crippen molar-refractivity contribution in [2.75, 3.05) is 5.73 Å². The Bertz CT molecular complexity index is 345. The van der Waals surface area contributed by atoms with Crippen LogP contribution in [-0.4, -0.2) is 0 Å². The summed E-state index contributed by atoms with van der Waals surface area (Å²) >= 11 is 0. The molecule has 0 saturated heterocycles. The maximum Gasteiger partial charge on any atom is 0.196 e. The molecule has 0 heterocycles. The number of hydrogen-bond acceptors (Lipinski definition) is 1. The molecule has 2 N–H and O–H groups in total. The van der Waals surface area contributed by atoms with Gasteiger partial charge in [0.2, 0.25) is 0 Å². The van der Waals surface area contributed by atoms with Crippen molar-refractivity contribution in [3.63, 3.8) is 0 Å². The van der Waals surface area contributed by atoms with Gasteiger partial charge in [-0.1, -0.05) is 18.2 Å². The van der Waals surface area contributed by atoms with Gasteiger partial charge in [-0.25, -0.2) is 4.85 Å². The van der Waals surface area contributed by atoms with E-state index in [1.165, 1.54) is 0 Å². The highest BCUT2D eigenvalue weighted by atomic mass is 14.7. The first kappa shape index (κ1) is 8.35. The highest BCUT2D eigenvalue weighted by Gasteiger charge is 1.97. The van der Waals surface area contributed by atoms with Crippen molar-refractivity contribution in [3.8, 4) is 0 Å². The molecule has 2 heteroatoms. The third kappa shape index (κ3) is 1.64. The monoisotopic (exact) mass is 158 g/mol. The lowest BCUT2D eigenvalue weighted by Gasteiger charge is -1.98. The lowest BCUT2D eigenvalue weighted by Crippen LogP contribution is -1.83. The topological polar surface area (TPSA) is 30.4 Å². The van der Waals surface area contributed by atoms with Crippen molar-refractivity contribution in [1.29, 1.82) is 0 Å². The van der Waals surface area contributed by atoms with Gasteiger partial charge in [-0.05, 0) is 24.6 Å². The molecule has 2 nitrogen and oxygen atoms in total. The fraction of sp³-hybridized carbons (Fsp3) is 0.100. The highest BCUT2D eigenvalue weighted by molar-refractivity contribution is 5.70. The molecule has 1 rings (SSSR count). The Labute approximate surface area is 72.1 Å². The molecule has 0 unspecified atom stereocenters. The van der Waals surface area contributed by atoms with Gasteiger partial charge in [-0.2, -0.15) is 0 Å². The zero-order valence-electron chi connectivity index (χ0n) is 6.91. The van der Waals surface area contributed by atoms with E-state index in [9.17, 15) is 0 Å². The summed E-state index contributed by atoms with van der Waals surface area (Å²) in [5.41, 5.74) is 7.69. The fourth-order valence-electron chi connectivity index (χ4n) is 0.978. The van der Waals surface area contributed by atoms with Crippen LogP contribution in [0, 0.1) is 6.57 Å².